The molecule has 0 spiro atoms. The summed E-state index contributed by atoms with van der Waals surface area (Å²) in [6.45, 7) is 11.8. The minimum absolute atomic E-state index is 0.0417. The Balaban J connectivity index is 1.92. The maximum absolute atomic E-state index is 12.4. The zero-order valence-corrected chi connectivity index (χ0v) is 14.8. The van der Waals surface area contributed by atoms with E-state index in [-0.39, 0.29) is 23.8 Å². The lowest BCUT2D eigenvalue weighted by atomic mass is 10.1. The van der Waals surface area contributed by atoms with Crippen LogP contribution in [0.3, 0.4) is 0 Å². The Bertz CT molecular complexity index is 526. The third kappa shape index (κ3) is 5.52. The Labute approximate surface area is 139 Å². The molecule has 0 saturated carbocycles. The van der Waals surface area contributed by atoms with Crippen LogP contribution in [-0.4, -0.2) is 41.8 Å². The number of urea groups is 1. The van der Waals surface area contributed by atoms with Crippen molar-refractivity contribution >= 4 is 11.7 Å². The van der Waals surface area contributed by atoms with Gasteiger partial charge in [-0.25, -0.2) is 4.79 Å². The Morgan fingerprint density at radius 2 is 2.04 bits per heavy atom. The first-order chi connectivity index (χ1) is 10.7. The summed E-state index contributed by atoms with van der Waals surface area (Å²) in [5.41, 5.74) is 1.57. The van der Waals surface area contributed by atoms with Crippen LogP contribution in [0.1, 0.15) is 40.2 Å². The summed E-state index contributed by atoms with van der Waals surface area (Å²) in [7, 11) is 0. The topological polar surface area (TPSA) is 50.8 Å². The van der Waals surface area contributed by atoms with Crippen LogP contribution < -0.4 is 5.32 Å². The molecule has 1 aliphatic heterocycles. The molecule has 1 heterocycles. The molecule has 0 aliphatic carbocycles. The number of anilines is 1. The highest BCUT2D eigenvalue weighted by Gasteiger charge is 2.33. The molecule has 1 saturated heterocycles. The number of rotatable bonds is 4. The summed E-state index contributed by atoms with van der Waals surface area (Å²) in [5, 5.41) is 2.95. The molecule has 0 aromatic heterocycles. The fourth-order valence-corrected chi connectivity index (χ4v) is 2.76. The second kappa shape index (κ2) is 7.32. The van der Waals surface area contributed by atoms with Gasteiger partial charge in [0.05, 0.1) is 31.0 Å². The van der Waals surface area contributed by atoms with Gasteiger partial charge in [-0.05, 0) is 52.3 Å². The zero-order chi connectivity index (χ0) is 17.0. The van der Waals surface area contributed by atoms with Crippen LogP contribution in [0.5, 0.6) is 0 Å². The van der Waals surface area contributed by atoms with Crippen molar-refractivity contribution in [1.82, 2.24) is 4.90 Å². The van der Waals surface area contributed by atoms with Crippen molar-refractivity contribution in [2.45, 2.75) is 59.0 Å². The van der Waals surface area contributed by atoms with Gasteiger partial charge in [-0.2, -0.15) is 0 Å². The van der Waals surface area contributed by atoms with Crippen LogP contribution in [0.15, 0.2) is 24.3 Å². The first kappa shape index (κ1) is 17.8. The number of hydrogen-bond donors (Lipinski definition) is 1. The summed E-state index contributed by atoms with van der Waals surface area (Å²) in [6.07, 6.45) is 0.251. The Morgan fingerprint density at radius 1 is 1.39 bits per heavy atom. The summed E-state index contributed by atoms with van der Waals surface area (Å²) >= 11 is 0. The molecule has 1 N–H and O–H groups in total. The van der Waals surface area contributed by atoms with Gasteiger partial charge in [0, 0.05) is 12.2 Å². The summed E-state index contributed by atoms with van der Waals surface area (Å²) in [4.78, 5) is 14.2. The van der Waals surface area contributed by atoms with E-state index in [9.17, 15) is 4.79 Å². The number of ether oxygens (including phenoxy) is 2. The fourth-order valence-electron chi connectivity index (χ4n) is 2.76. The Kier molecular flexibility index (Phi) is 5.65. The van der Waals surface area contributed by atoms with E-state index in [0.29, 0.717) is 19.7 Å². The van der Waals surface area contributed by atoms with Crippen molar-refractivity contribution in [2.75, 3.05) is 18.4 Å². The van der Waals surface area contributed by atoms with Gasteiger partial charge in [0.1, 0.15) is 0 Å². The van der Waals surface area contributed by atoms with E-state index >= 15 is 0 Å². The molecule has 5 nitrogen and oxygen atoms in total. The monoisotopic (exact) mass is 320 g/mol. The number of benzene rings is 1. The second-order valence-electron chi connectivity index (χ2n) is 7.06. The molecule has 2 amide bonds. The maximum atomic E-state index is 12.4. The molecule has 23 heavy (non-hydrogen) atoms. The van der Waals surface area contributed by atoms with Gasteiger partial charge in [-0.15, -0.1) is 0 Å². The molecule has 2 rings (SSSR count). The van der Waals surface area contributed by atoms with E-state index in [4.69, 9.17) is 9.47 Å². The zero-order valence-electron chi connectivity index (χ0n) is 14.8. The van der Waals surface area contributed by atoms with Gasteiger partial charge in [-0.1, -0.05) is 12.1 Å². The molecule has 128 valence electrons. The predicted octanol–water partition coefficient (Wildman–Crippen LogP) is 3.64. The predicted molar refractivity (Wildman–Crippen MR) is 91.6 cm³/mol. The molecule has 1 unspecified atom stereocenters. The third-order valence-electron chi connectivity index (χ3n) is 3.65. The van der Waals surface area contributed by atoms with Crippen molar-refractivity contribution in [3.8, 4) is 0 Å². The van der Waals surface area contributed by atoms with Gasteiger partial charge in [0.2, 0.25) is 0 Å². The molecule has 5 heteroatoms. The molecule has 1 aromatic rings. The molecular weight excluding hydrogens is 292 g/mol. The summed E-state index contributed by atoms with van der Waals surface area (Å²) < 4.78 is 11.4. The fraction of sp³-hybridized carbons (Fsp3) is 0.611. The van der Waals surface area contributed by atoms with E-state index in [0.717, 1.165) is 11.3 Å². The highest BCUT2D eigenvalue weighted by molar-refractivity contribution is 5.89. The number of morpholine rings is 1. The smallest absolute Gasteiger partial charge is 0.322 e. The average Bonchev–Trinajstić information content (AvgIpc) is 2.44. The van der Waals surface area contributed by atoms with Crippen molar-refractivity contribution < 1.29 is 14.3 Å². The highest BCUT2D eigenvalue weighted by atomic mass is 16.5. The maximum Gasteiger partial charge on any atom is 0.322 e. The van der Waals surface area contributed by atoms with Crippen LogP contribution in [0, 0.1) is 0 Å². The number of nitrogens with one attached hydrogen (secondary N) is 1. The number of amides is 2. The van der Waals surface area contributed by atoms with Crippen LogP contribution in [0.2, 0.25) is 0 Å². The Hall–Kier alpha value is -1.59. The van der Waals surface area contributed by atoms with Crippen LogP contribution in [0.4, 0.5) is 10.5 Å². The van der Waals surface area contributed by atoms with Crippen LogP contribution >= 0.6 is 0 Å². The minimum Gasteiger partial charge on any atom is -0.374 e. The van der Waals surface area contributed by atoms with E-state index in [1.54, 1.807) is 0 Å². The van der Waals surface area contributed by atoms with E-state index < -0.39 is 0 Å². The molecule has 1 aromatic carbocycles. The van der Waals surface area contributed by atoms with Crippen molar-refractivity contribution in [1.29, 1.82) is 0 Å². The third-order valence-corrected chi connectivity index (χ3v) is 3.65. The molecule has 0 radical (unpaired) electrons. The standard InChI is InChI=1S/C18H28N2O3/c1-13(2)22-11-15-6-8-16(9-7-15)19-17(21)20-10-14(3)23-18(4,5)12-20/h6-9,13-14H,10-12H2,1-5H3,(H,19,21). The first-order valence-corrected chi connectivity index (χ1v) is 8.19. The number of carbonyl (C=O) groups is 1. The number of nitrogens with zero attached hydrogens (tertiary/aromatic N) is 1. The lowest BCUT2D eigenvalue weighted by Crippen LogP contribution is -2.54. The molecule has 1 aliphatic rings. The minimum atomic E-state index is -0.312. The lowest BCUT2D eigenvalue weighted by molar-refractivity contribution is -0.116. The lowest BCUT2D eigenvalue weighted by Gasteiger charge is -2.41. The molecular formula is C18H28N2O3. The number of hydrogen-bond acceptors (Lipinski definition) is 3. The van der Waals surface area contributed by atoms with E-state index in [1.807, 2.05) is 63.8 Å². The molecule has 0 bridgehead atoms. The normalized spacial score (nSPS) is 20.6. The Morgan fingerprint density at radius 3 is 2.61 bits per heavy atom. The van der Waals surface area contributed by atoms with Gasteiger partial charge < -0.3 is 19.7 Å². The van der Waals surface area contributed by atoms with E-state index in [1.165, 1.54) is 0 Å². The summed E-state index contributed by atoms with van der Waals surface area (Å²) in [6, 6.07) is 7.69. The molecule has 1 fully saturated rings. The van der Waals surface area contributed by atoms with Crippen molar-refractivity contribution in [2.24, 2.45) is 0 Å². The van der Waals surface area contributed by atoms with E-state index in [2.05, 4.69) is 5.32 Å². The van der Waals surface area contributed by atoms with Crippen molar-refractivity contribution in [3.63, 3.8) is 0 Å². The first-order valence-electron chi connectivity index (χ1n) is 8.19. The largest absolute Gasteiger partial charge is 0.374 e. The SMILES string of the molecule is CC(C)OCc1ccc(NC(=O)N2CC(C)OC(C)(C)C2)cc1. The average molecular weight is 320 g/mol. The van der Waals surface area contributed by atoms with Crippen LogP contribution in [-0.2, 0) is 16.1 Å². The van der Waals surface area contributed by atoms with Gasteiger partial charge in [0.25, 0.3) is 0 Å². The molecule has 1 atom stereocenters. The van der Waals surface area contributed by atoms with Gasteiger partial charge in [-0.3, -0.25) is 0 Å². The van der Waals surface area contributed by atoms with Gasteiger partial charge >= 0.3 is 6.03 Å². The van der Waals surface area contributed by atoms with Crippen molar-refractivity contribution in [3.05, 3.63) is 29.8 Å². The van der Waals surface area contributed by atoms with Gasteiger partial charge in [0.15, 0.2) is 0 Å². The quantitative estimate of drug-likeness (QED) is 0.921. The summed E-state index contributed by atoms with van der Waals surface area (Å²) in [5.74, 6) is 0. The van der Waals surface area contributed by atoms with Crippen LogP contribution in [0.25, 0.3) is 0 Å². The second-order valence-corrected chi connectivity index (χ2v) is 7.06. The highest BCUT2D eigenvalue weighted by Crippen LogP contribution is 2.21. The number of carbonyl (C=O) groups excluding carboxylic acids is 1.